The smallest absolute Gasteiger partial charge is 0.0705 e. The minimum atomic E-state index is 0.801. The minimum Gasteiger partial charge on any atom is -0.330 e. The fourth-order valence-corrected chi connectivity index (χ4v) is 2.10. The number of para-hydroxylation sites is 1. The molecule has 0 saturated heterocycles. The summed E-state index contributed by atoms with van der Waals surface area (Å²) in [5.41, 5.74) is 7.86. The van der Waals surface area contributed by atoms with Crippen molar-refractivity contribution in [1.82, 2.24) is 10.3 Å². The average molecular weight is 243 g/mol. The van der Waals surface area contributed by atoms with Crippen LogP contribution >= 0.6 is 0 Å². The molecule has 2 aromatic rings. The fourth-order valence-electron chi connectivity index (χ4n) is 2.10. The molecule has 3 nitrogen and oxygen atoms in total. The van der Waals surface area contributed by atoms with Crippen LogP contribution in [-0.2, 0) is 6.54 Å². The second-order valence-corrected chi connectivity index (χ2v) is 4.51. The highest BCUT2D eigenvalue weighted by molar-refractivity contribution is 5.81. The van der Waals surface area contributed by atoms with E-state index in [1.54, 1.807) is 0 Å². The highest BCUT2D eigenvalue weighted by atomic mass is 14.8. The molecule has 0 aliphatic carbocycles. The van der Waals surface area contributed by atoms with Crippen LogP contribution in [0, 0.1) is 0 Å². The molecule has 1 heterocycles. The van der Waals surface area contributed by atoms with Crippen LogP contribution in [0.3, 0.4) is 0 Å². The van der Waals surface area contributed by atoms with Gasteiger partial charge in [-0.3, -0.25) is 4.98 Å². The van der Waals surface area contributed by atoms with E-state index in [4.69, 9.17) is 5.73 Å². The SMILES string of the molecule is NCCCCCNCc1ccnc2ccccc12. The Balaban J connectivity index is 1.88. The van der Waals surface area contributed by atoms with Crippen molar-refractivity contribution in [3.63, 3.8) is 0 Å². The Bertz CT molecular complexity index is 477. The normalized spacial score (nSPS) is 10.9. The van der Waals surface area contributed by atoms with E-state index in [0.717, 1.165) is 31.6 Å². The second kappa shape index (κ2) is 7.09. The van der Waals surface area contributed by atoms with Crippen LogP contribution in [0.4, 0.5) is 0 Å². The molecule has 0 saturated carbocycles. The monoisotopic (exact) mass is 243 g/mol. The van der Waals surface area contributed by atoms with Gasteiger partial charge in [0.2, 0.25) is 0 Å². The molecule has 0 aliphatic rings. The number of benzene rings is 1. The number of hydrogen-bond acceptors (Lipinski definition) is 3. The van der Waals surface area contributed by atoms with Crippen molar-refractivity contribution in [2.45, 2.75) is 25.8 Å². The van der Waals surface area contributed by atoms with E-state index in [0.29, 0.717) is 0 Å². The van der Waals surface area contributed by atoms with Gasteiger partial charge in [0.1, 0.15) is 0 Å². The number of fused-ring (bicyclic) bond motifs is 1. The predicted molar refractivity (Wildman–Crippen MR) is 76.4 cm³/mol. The third kappa shape index (κ3) is 3.52. The number of hydrogen-bond donors (Lipinski definition) is 2. The van der Waals surface area contributed by atoms with Gasteiger partial charge in [-0.05, 0) is 43.6 Å². The van der Waals surface area contributed by atoms with Crippen molar-refractivity contribution >= 4 is 10.9 Å². The van der Waals surface area contributed by atoms with E-state index in [9.17, 15) is 0 Å². The van der Waals surface area contributed by atoms with E-state index < -0.39 is 0 Å². The van der Waals surface area contributed by atoms with Gasteiger partial charge < -0.3 is 11.1 Å². The van der Waals surface area contributed by atoms with Gasteiger partial charge in [-0.1, -0.05) is 24.6 Å². The van der Waals surface area contributed by atoms with Crippen molar-refractivity contribution in [3.05, 3.63) is 42.1 Å². The van der Waals surface area contributed by atoms with Crippen LogP contribution in [0.2, 0.25) is 0 Å². The van der Waals surface area contributed by atoms with Gasteiger partial charge in [0.05, 0.1) is 5.52 Å². The lowest BCUT2D eigenvalue weighted by Crippen LogP contribution is -2.15. The fraction of sp³-hybridized carbons (Fsp3) is 0.400. The Morgan fingerprint density at radius 1 is 1.06 bits per heavy atom. The van der Waals surface area contributed by atoms with E-state index >= 15 is 0 Å². The first kappa shape index (κ1) is 13.0. The van der Waals surface area contributed by atoms with Gasteiger partial charge in [-0.25, -0.2) is 0 Å². The molecule has 0 aliphatic heterocycles. The van der Waals surface area contributed by atoms with Crippen LogP contribution in [0.5, 0.6) is 0 Å². The second-order valence-electron chi connectivity index (χ2n) is 4.51. The van der Waals surface area contributed by atoms with Crippen LogP contribution in [0.15, 0.2) is 36.5 Å². The molecule has 2 rings (SSSR count). The number of unbranched alkanes of at least 4 members (excludes halogenated alkanes) is 2. The number of pyridine rings is 1. The zero-order valence-corrected chi connectivity index (χ0v) is 10.7. The van der Waals surface area contributed by atoms with Crippen LogP contribution in [0.25, 0.3) is 10.9 Å². The molecule has 18 heavy (non-hydrogen) atoms. The van der Waals surface area contributed by atoms with Gasteiger partial charge >= 0.3 is 0 Å². The lowest BCUT2D eigenvalue weighted by atomic mass is 10.1. The largest absolute Gasteiger partial charge is 0.330 e. The van der Waals surface area contributed by atoms with Gasteiger partial charge in [0.25, 0.3) is 0 Å². The van der Waals surface area contributed by atoms with Gasteiger partial charge in [-0.2, -0.15) is 0 Å². The first-order valence-electron chi connectivity index (χ1n) is 6.65. The number of aromatic nitrogens is 1. The standard InChI is InChI=1S/C15H21N3/c16-9-4-1-5-10-17-12-13-8-11-18-15-7-3-2-6-14(13)15/h2-3,6-8,11,17H,1,4-5,9-10,12,16H2. The molecule has 0 bridgehead atoms. The third-order valence-corrected chi connectivity index (χ3v) is 3.11. The zero-order valence-electron chi connectivity index (χ0n) is 10.7. The Labute approximate surface area is 108 Å². The summed E-state index contributed by atoms with van der Waals surface area (Å²) < 4.78 is 0. The summed E-state index contributed by atoms with van der Waals surface area (Å²) in [7, 11) is 0. The molecule has 0 spiro atoms. The topological polar surface area (TPSA) is 50.9 Å². The zero-order chi connectivity index (χ0) is 12.6. The van der Waals surface area contributed by atoms with E-state index in [1.165, 1.54) is 23.8 Å². The first-order valence-corrected chi connectivity index (χ1v) is 6.65. The highest BCUT2D eigenvalue weighted by Crippen LogP contribution is 2.15. The maximum Gasteiger partial charge on any atom is 0.0705 e. The molecule has 3 N–H and O–H groups in total. The summed E-state index contributed by atoms with van der Waals surface area (Å²) in [6.45, 7) is 2.76. The van der Waals surface area contributed by atoms with Gasteiger partial charge in [0, 0.05) is 18.1 Å². The van der Waals surface area contributed by atoms with Crippen molar-refractivity contribution < 1.29 is 0 Å². The van der Waals surface area contributed by atoms with Gasteiger partial charge in [0.15, 0.2) is 0 Å². The number of rotatable bonds is 7. The molecule has 1 aromatic carbocycles. The van der Waals surface area contributed by atoms with Crippen molar-refractivity contribution in [2.75, 3.05) is 13.1 Å². The summed E-state index contributed by atoms with van der Waals surface area (Å²) in [5, 5.41) is 4.73. The summed E-state index contributed by atoms with van der Waals surface area (Å²) in [5.74, 6) is 0. The number of nitrogens with zero attached hydrogens (tertiary/aromatic N) is 1. The van der Waals surface area contributed by atoms with E-state index in [1.807, 2.05) is 12.3 Å². The highest BCUT2D eigenvalue weighted by Gasteiger charge is 2.00. The van der Waals surface area contributed by atoms with Crippen molar-refractivity contribution in [1.29, 1.82) is 0 Å². The quantitative estimate of drug-likeness (QED) is 0.734. The lowest BCUT2D eigenvalue weighted by Gasteiger charge is -2.07. The molecule has 0 fully saturated rings. The van der Waals surface area contributed by atoms with Crippen molar-refractivity contribution in [3.8, 4) is 0 Å². The molecule has 0 amide bonds. The molecule has 0 atom stereocenters. The third-order valence-electron chi connectivity index (χ3n) is 3.11. The summed E-state index contributed by atoms with van der Waals surface area (Å²) in [6.07, 6.45) is 5.41. The van der Waals surface area contributed by atoms with E-state index in [2.05, 4.69) is 34.6 Å². The summed E-state index contributed by atoms with van der Waals surface area (Å²) in [6, 6.07) is 10.4. The molecule has 96 valence electrons. The lowest BCUT2D eigenvalue weighted by molar-refractivity contribution is 0.607. The van der Waals surface area contributed by atoms with E-state index in [-0.39, 0.29) is 0 Å². The Morgan fingerprint density at radius 2 is 1.94 bits per heavy atom. The van der Waals surface area contributed by atoms with Crippen molar-refractivity contribution in [2.24, 2.45) is 5.73 Å². The first-order chi connectivity index (χ1) is 8.92. The molecular weight excluding hydrogens is 222 g/mol. The molecule has 3 heteroatoms. The van der Waals surface area contributed by atoms with Crippen LogP contribution < -0.4 is 11.1 Å². The minimum absolute atomic E-state index is 0.801. The van der Waals surface area contributed by atoms with Crippen LogP contribution in [0.1, 0.15) is 24.8 Å². The molecule has 0 unspecified atom stereocenters. The van der Waals surface area contributed by atoms with Crippen LogP contribution in [-0.4, -0.2) is 18.1 Å². The Morgan fingerprint density at radius 3 is 2.83 bits per heavy atom. The number of nitrogens with one attached hydrogen (secondary N) is 1. The summed E-state index contributed by atoms with van der Waals surface area (Å²) >= 11 is 0. The Kier molecular flexibility index (Phi) is 5.12. The molecular formula is C15H21N3. The maximum absolute atomic E-state index is 5.47. The maximum atomic E-state index is 5.47. The average Bonchev–Trinajstić information content (AvgIpc) is 2.43. The Hall–Kier alpha value is -1.45. The predicted octanol–water partition coefficient (Wildman–Crippen LogP) is 2.45. The van der Waals surface area contributed by atoms with Gasteiger partial charge in [-0.15, -0.1) is 0 Å². The summed E-state index contributed by atoms with van der Waals surface area (Å²) in [4.78, 5) is 4.37. The number of nitrogens with two attached hydrogens (primary N) is 1. The molecule has 0 radical (unpaired) electrons. The molecule has 1 aromatic heterocycles.